The molecule has 2 aromatic carbocycles. The van der Waals surface area contributed by atoms with Crippen LogP contribution in [0.4, 0.5) is 0 Å². The molecule has 4 rings (SSSR count). The molecule has 1 amide bonds. The second-order valence-corrected chi connectivity index (χ2v) is 7.71. The summed E-state index contributed by atoms with van der Waals surface area (Å²) in [4.78, 5) is 25.2. The molecule has 0 fully saturated rings. The van der Waals surface area contributed by atoms with Gasteiger partial charge >= 0.3 is 0 Å². The van der Waals surface area contributed by atoms with E-state index in [4.69, 9.17) is 9.47 Å². The van der Waals surface area contributed by atoms with Crippen molar-refractivity contribution in [1.82, 2.24) is 14.9 Å². The van der Waals surface area contributed by atoms with E-state index in [-0.39, 0.29) is 5.91 Å². The predicted octanol–water partition coefficient (Wildman–Crippen LogP) is 4.55. The Morgan fingerprint density at radius 3 is 2.50 bits per heavy atom. The number of methoxy groups -OCH3 is 2. The number of rotatable bonds is 7. The summed E-state index contributed by atoms with van der Waals surface area (Å²) in [5.41, 5.74) is 2.72. The second kappa shape index (κ2) is 8.92. The number of thiophene rings is 1. The van der Waals surface area contributed by atoms with Gasteiger partial charge in [0.05, 0.1) is 38.0 Å². The van der Waals surface area contributed by atoms with E-state index >= 15 is 0 Å². The van der Waals surface area contributed by atoms with Crippen molar-refractivity contribution in [3.8, 4) is 11.5 Å². The van der Waals surface area contributed by atoms with Crippen molar-refractivity contribution >= 4 is 28.3 Å². The molecule has 0 aliphatic heterocycles. The van der Waals surface area contributed by atoms with Gasteiger partial charge in [-0.1, -0.05) is 24.3 Å². The maximum Gasteiger partial charge on any atom is 0.274 e. The predicted molar refractivity (Wildman–Crippen MR) is 117 cm³/mol. The fourth-order valence-electron chi connectivity index (χ4n) is 3.21. The van der Waals surface area contributed by atoms with Crippen molar-refractivity contribution in [2.75, 3.05) is 14.2 Å². The number of nitrogens with zero attached hydrogens (tertiary/aromatic N) is 3. The molecule has 0 atom stereocenters. The van der Waals surface area contributed by atoms with Crippen LogP contribution in [0.3, 0.4) is 0 Å². The van der Waals surface area contributed by atoms with Crippen LogP contribution in [0.5, 0.6) is 11.5 Å². The molecule has 7 heteroatoms. The van der Waals surface area contributed by atoms with Gasteiger partial charge in [0.25, 0.3) is 5.91 Å². The topological polar surface area (TPSA) is 64.5 Å². The normalized spacial score (nSPS) is 10.7. The van der Waals surface area contributed by atoms with Gasteiger partial charge < -0.3 is 14.4 Å². The maximum atomic E-state index is 13.4. The van der Waals surface area contributed by atoms with Crippen LogP contribution in [-0.4, -0.2) is 35.0 Å². The lowest BCUT2D eigenvalue weighted by Gasteiger charge is -2.22. The Bertz CT molecular complexity index is 1160. The average Bonchev–Trinajstić information content (AvgIpc) is 3.31. The molecule has 0 aliphatic rings. The summed E-state index contributed by atoms with van der Waals surface area (Å²) < 4.78 is 10.7. The Hall–Kier alpha value is -3.45. The SMILES string of the molecule is COc1ccc(CN(Cc2cccs2)C(=O)c2cnc3ccccc3n2)cc1OC. The zero-order chi connectivity index (χ0) is 20.9. The molecule has 2 heterocycles. The molecule has 152 valence electrons. The first-order valence-electron chi connectivity index (χ1n) is 9.42. The first-order valence-corrected chi connectivity index (χ1v) is 10.3. The molecular weight excluding hydrogens is 398 g/mol. The minimum absolute atomic E-state index is 0.170. The highest BCUT2D eigenvalue weighted by Gasteiger charge is 2.20. The number of aromatic nitrogens is 2. The number of hydrogen-bond acceptors (Lipinski definition) is 6. The highest BCUT2D eigenvalue weighted by atomic mass is 32.1. The zero-order valence-corrected chi connectivity index (χ0v) is 17.6. The van der Waals surface area contributed by atoms with E-state index in [1.54, 1.807) is 36.7 Å². The number of hydrogen-bond donors (Lipinski definition) is 0. The third-order valence-electron chi connectivity index (χ3n) is 4.70. The molecule has 0 aliphatic carbocycles. The Morgan fingerprint density at radius 1 is 0.967 bits per heavy atom. The lowest BCUT2D eigenvalue weighted by molar-refractivity contribution is 0.0725. The van der Waals surface area contributed by atoms with Crippen molar-refractivity contribution in [2.24, 2.45) is 0 Å². The van der Waals surface area contributed by atoms with Gasteiger partial charge in [0.1, 0.15) is 5.69 Å². The molecule has 0 unspecified atom stereocenters. The van der Waals surface area contributed by atoms with E-state index in [0.29, 0.717) is 35.8 Å². The Balaban J connectivity index is 1.65. The van der Waals surface area contributed by atoms with Gasteiger partial charge in [-0.2, -0.15) is 0 Å². The zero-order valence-electron chi connectivity index (χ0n) is 16.7. The van der Waals surface area contributed by atoms with Crippen LogP contribution in [-0.2, 0) is 13.1 Å². The number of amides is 1. The van der Waals surface area contributed by atoms with Crippen molar-refractivity contribution in [3.05, 3.63) is 82.3 Å². The number of para-hydroxylation sites is 2. The molecule has 0 spiro atoms. The molecule has 2 aromatic heterocycles. The quantitative estimate of drug-likeness (QED) is 0.440. The minimum Gasteiger partial charge on any atom is -0.493 e. The average molecular weight is 420 g/mol. The molecule has 0 saturated heterocycles. The Kier molecular flexibility index (Phi) is 5.90. The summed E-state index contributed by atoms with van der Waals surface area (Å²) in [5, 5.41) is 2.00. The van der Waals surface area contributed by atoms with Gasteiger partial charge in [0.2, 0.25) is 0 Å². The first kappa shape index (κ1) is 19.8. The van der Waals surface area contributed by atoms with Gasteiger partial charge in [-0.05, 0) is 41.3 Å². The summed E-state index contributed by atoms with van der Waals surface area (Å²) >= 11 is 1.62. The van der Waals surface area contributed by atoms with Gasteiger partial charge in [0.15, 0.2) is 11.5 Å². The van der Waals surface area contributed by atoms with Gasteiger partial charge in [-0.25, -0.2) is 4.98 Å². The molecule has 30 heavy (non-hydrogen) atoms. The number of benzene rings is 2. The molecule has 0 N–H and O–H groups in total. The highest BCUT2D eigenvalue weighted by Crippen LogP contribution is 2.28. The van der Waals surface area contributed by atoms with Crippen LogP contribution < -0.4 is 9.47 Å². The Morgan fingerprint density at radius 2 is 1.77 bits per heavy atom. The van der Waals surface area contributed by atoms with Gasteiger partial charge in [-0.3, -0.25) is 9.78 Å². The third-order valence-corrected chi connectivity index (χ3v) is 5.56. The lowest BCUT2D eigenvalue weighted by atomic mass is 10.1. The second-order valence-electron chi connectivity index (χ2n) is 6.67. The van der Waals surface area contributed by atoms with E-state index in [1.165, 1.54) is 0 Å². The van der Waals surface area contributed by atoms with Gasteiger partial charge in [0, 0.05) is 11.4 Å². The van der Waals surface area contributed by atoms with E-state index in [2.05, 4.69) is 9.97 Å². The van der Waals surface area contributed by atoms with Crippen LogP contribution in [0.15, 0.2) is 66.2 Å². The van der Waals surface area contributed by atoms with Crippen molar-refractivity contribution in [1.29, 1.82) is 0 Å². The fourth-order valence-corrected chi connectivity index (χ4v) is 3.93. The number of ether oxygens (including phenoxy) is 2. The van der Waals surface area contributed by atoms with E-state index in [9.17, 15) is 4.79 Å². The number of carbonyl (C=O) groups is 1. The van der Waals surface area contributed by atoms with Crippen LogP contribution in [0.1, 0.15) is 20.9 Å². The fraction of sp³-hybridized carbons (Fsp3) is 0.174. The van der Waals surface area contributed by atoms with Gasteiger partial charge in [-0.15, -0.1) is 11.3 Å². The summed E-state index contributed by atoms with van der Waals surface area (Å²) in [6, 6.07) is 17.2. The number of carbonyl (C=O) groups excluding carboxylic acids is 1. The Labute approximate surface area is 178 Å². The summed E-state index contributed by atoms with van der Waals surface area (Å²) in [6.07, 6.45) is 1.54. The third kappa shape index (κ3) is 4.26. The van der Waals surface area contributed by atoms with Crippen LogP contribution >= 0.6 is 11.3 Å². The molecule has 0 bridgehead atoms. The lowest BCUT2D eigenvalue weighted by Crippen LogP contribution is -2.30. The van der Waals surface area contributed by atoms with Crippen LogP contribution in [0, 0.1) is 0 Å². The summed E-state index contributed by atoms with van der Waals surface area (Å²) in [7, 11) is 3.20. The van der Waals surface area contributed by atoms with Crippen LogP contribution in [0.25, 0.3) is 11.0 Å². The minimum atomic E-state index is -0.170. The van der Waals surface area contributed by atoms with E-state index in [1.807, 2.05) is 60.0 Å². The van der Waals surface area contributed by atoms with E-state index < -0.39 is 0 Å². The number of fused-ring (bicyclic) bond motifs is 1. The summed E-state index contributed by atoms with van der Waals surface area (Å²) in [5.74, 6) is 1.11. The molecule has 6 nitrogen and oxygen atoms in total. The summed E-state index contributed by atoms with van der Waals surface area (Å²) in [6.45, 7) is 0.894. The van der Waals surface area contributed by atoms with Crippen molar-refractivity contribution in [3.63, 3.8) is 0 Å². The first-order chi connectivity index (χ1) is 14.7. The molecule has 4 aromatic rings. The van der Waals surface area contributed by atoms with Crippen molar-refractivity contribution in [2.45, 2.75) is 13.1 Å². The maximum absolute atomic E-state index is 13.4. The smallest absolute Gasteiger partial charge is 0.274 e. The largest absolute Gasteiger partial charge is 0.493 e. The standard InChI is InChI=1S/C23H21N3O3S/c1-28-21-10-9-16(12-22(21)29-2)14-26(15-17-6-5-11-30-17)23(27)20-13-24-18-7-3-4-8-19(18)25-20/h3-13H,14-15H2,1-2H3. The van der Waals surface area contributed by atoms with E-state index in [0.717, 1.165) is 16.0 Å². The highest BCUT2D eigenvalue weighted by molar-refractivity contribution is 7.09. The monoisotopic (exact) mass is 419 g/mol. The van der Waals surface area contributed by atoms with Crippen LogP contribution in [0.2, 0.25) is 0 Å². The molecular formula is C23H21N3O3S. The molecule has 0 radical (unpaired) electrons. The van der Waals surface area contributed by atoms with Crippen molar-refractivity contribution < 1.29 is 14.3 Å². The molecule has 0 saturated carbocycles.